The summed E-state index contributed by atoms with van der Waals surface area (Å²) in [6, 6.07) is 23.3. The van der Waals surface area contributed by atoms with Crippen LogP contribution in [-0.2, 0) is 9.53 Å². The Hall–Kier alpha value is -3.94. The van der Waals surface area contributed by atoms with Gasteiger partial charge in [-0.3, -0.25) is 9.36 Å². The molecule has 0 aliphatic carbocycles. The molecule has 3 aromatic carbocycles. The highest BCUT2D eigenvalue weighted by Crippen LogP contribution is 2.33. The molecular weight excluding hydrogens is 508 g/mol. The number of halogens is 1. The number of nitrogens with zero attached hydrogens (tertiary/aromatic N) is 2. The average molecular weight is 531 g/mol. The molecule has 1 aliphatic rings. The van der Waals surface area contributed by atoms with Gasteiger partial charge in [0.05, 0.1) is 28.5 Å². The molecule has 6 nitrogen and oxygen atoms in total. The number of ether oxygens (including phenoxy) is 2. The summed E-state index contributed by atoms with van der Waals surface area (Å²) in [4.78, 5) is 32.0. The van der Waals surface area contributed by atoms with Crippen LogP contribution in [0.25, 0.3) is 6.08 Å². The number of para-hydroxylation sites is 1. The van der Waals surface area contributed by atoms with Crippen molar-refractivity contribution in [2.45, 2.75) is 19.9 Å². The van der Waals surface area contributed by atoms with E-state index < -0.39 is 12.0 Å². The van der Waals surface area contributed by atoms with Gasteiger partial charge in [-0.2, -0.15) is 0 Å². The van der Waals surface area contributed by atoms with Gasteiger partial charge in [-0.15, -0.1) is 0 Å². The number of carbonyl (C=O) groups is 1. The summed E-state index contributed by atoms with van der Waals surface area (Å²) >= 11 is 7.29. The number of fused-ring (bicyclic) bond motifs is 1. The lowest BCUT2D eigenvalue weighted by molar-refractivity contribution is -0.139. The summed E-state index contributed by atoms with van der Waals surface area (Å²) in [6.45, 7) is 3.72. The number of thiazole rings is 1. The van der Waals surface area contributed by atoms with E-state index in [0.717, 1.165) is 5.56 Å². The maximum atomic E-state index is 13.7. The van der Waals surface area contributed by atoms with E-state index in [9.17, 15) is 9.59 Å². The third-order valence-corrected chi connectivity index (χ3v) is 7.07. The van der Waals surface area contributed by atoms with Gasteiger partial charge in [-0.1, -0.05) is 65.4 Å². The largest absolute Gasteiger partial charge is 0.463 e. The van der Waals surface area contributed by atoms with Crippen LogP contribution in [0.3, 0.4) is 0 Å². The van der Waals surface area contributed by atoms with Crippen molar-refractivity contribution in [3.8, 4) is 11.5 Å². The predicted octanol–water partition coefficient (Wildman–Crippen LogP) is 5.24. The molecular formula is C29H23ClN2O4S. The van der Waals surface area contributed by atoms with Crippen LogP contribution in [0.5, 0.6) is 11.5 Å². The number of esters is 1. The molecule has 0 fully saturated rings. The Balaban J connectivity index is 1.66. The zero-order valence-electron chi connectivity index (χ0n) is 20.2. The molecule has 1 aromatic heterocycles. The number of hydrogen-bond donors (Lipinski definition) is 0. The third kappa shape index (κ3) is 5.14. The SMILES string of the molecule is CCOC(=O)C1=C(C)N=c2s/c(=C/c3ccc(Cl)cc3)c(=O)n2[C@@H]1c1cccc(Oc2ccccc2)c1. The van der Waals surface area contributed by atoms with Gasteiger partial charge in [-0.25, -0.2) is 9.79 Å². The summed E-state index contributed by atoms with van der Waals surface area (Å²) < 4.78 is 13.5. The van der Waals surface area contributed by atoms with Crippen molar-refractivity contribution in [1.29, 1.82) is 0 Å². The first-order valence-electron chi connectivity index (χ1n) is 11.7. The number of aromatic nitrogens is 1. The van der Waals surface area contributed by atoms with Crippen LogP contribution in [0.2, 0.25) is 5.02 Å². The van der Waals surface area contributed by atoms with Gasteiger partial charge in [0.15, 0.2) is 4.80 Å². The molecule has 0 saturated heterocycles. The van der Waals surface area contributed by atoms with Gasteiger partial charge in [0.1, 0.15) is 11.5 Å². The smallest absolute Gasteiger partial charge is 0.338 e. The van der Waals surface area contributed by atoms with E-state index in [4.69, 9.17) is 21.1 Å². The second-order valence-electron chi connectivity index (χ2n) is 8.34. The Labute approximate surface area is 222 Å². The van der Waals surface area contributed by atoms with Crippen molar-refractivity contribution in [3.05, 3.63) is 126 Å². The monoisotopic (exact) mass is 530 g/mol. The normalized spacial score (nSPS) is 15.2. The molecule has 4 aromatic rings. The molecule has 2 heterocycles. The number of carbonyl (C=O) groups excluding carboxylic acids is 1. The predicted molar refractivity (Wildman–Crippen MR) is 145 cm³/mol. The van der Waals surface area contributed by atoms with Crippen LogP contribution in [0.15, 0.2) is 99.9 Å². The highest BCUT2D eigenvalue weighted by Gasteiger charge is 2.33. The Kier molecular flexibility index (Phi) is 7.08. The Morgan fingerprint density at radius 2 is 1.78 bits per heavy atom. The van der Waals surface area contributed by atoms with E-state index in [1.54, 1.807) is 36.6 Å². The van der Waals surface area contributed by atoms with Crippen molar-refractivity contribution < 1.29 is 14.3 Å². The number of benzene rings is 3. The van der Waals surface area contributed by atoms with Crippen LogP contribution in [0.4, 0.5) is 0 Å². The maximum Gasteiger partial charge on any atom is 0.338 e. The Morgan fingerprint density at radius 1 is 1.05 bits per heavy atom. The first kappa shape index (κ1) is 24.7. The second-order valence-corrected chi connectivity index (χ2v) is 9.79. The first-order chi connectivity index (χ1) is 17.9. The van der Waals surface area contributed by atoms with Crippen molar-refractivity contribution in [1.82, 2.24) is 4.57 Å². The van der Waals surface area contributed by atoms with Crippen LogP contribution in [0, 0.1) is 0 Å². The van der Waals surface area contributed by atoms with Gasteiger partial charge in [0.2, 0.25) is 0 Å². The minimum Gasteiger partial charge on any atom is -0.463 e. The minimum atomic E-state index is -0.720. The summed E-state index contributed by atoms with van der Waals surface area (Å²) in [5.74, 6) is 0.767. The summed E-state index contributed by atoms with van der Waals surface area (Å²) in [6.07, 6.45) is 1.80. The van der Waals surface area contributed by atoms with E-state index in [1.807, 2.05) is 66.7 Å². The molecule has 1 atom stereocenters. The first-order valence-corrected chi connectivity index (χ1v) is 12.9. The van der Waals surface area contributed by atoms with E-state index in [1.165, 1.54) is 11.3 Å². The third-order valence-electron chi connectivity index (χ3n) is 5.84. The number of rotatable bonds is 6. The van der Waals surface area contributed by atoms with Gasteiger partial charge in [0.25, 0.3) is 5.56 Å². The van der Waals surface area contributed by atoms with Crippen LogP contribution >= 0.6 is 22.9 Å². The summed E-state index contributed by atoms with van der Waals surface area (Å²) in [5, 5.41) is 0.617. The molecule has 8 heteroatoms. The molecule has 0 radical (unpaired) electrons. The summed E-state index contributed by atoms with van der Waals surface area (Å²) in [5.41, 5.74) is 2.14. The highest BCUT2D eigenvalue weighted by molar-refractivity contribution is 7.07. The molecule has 0 bridgehead atoms. The fourth-order valence-corrected chi connectivity index (χ4v) is 5.36. The zero-order valence-corrected chi connectivity index (χ0v) is 21.8. The van der Waals surface area contributed by atoms with Gasteiger partial charge < -0.3 is 9.47 Å². The standard InChI is InChI=1S/C29H23ClN2O4S/c1-3-35-28(34)25-18(2)31-29-32(27(33)24(37-29)16-19-12-14-21(30)15-13-19)26(25)20-8-7-11-23(17-20)36-22-9-5-4-6-10-22/h4-17,26H,3H2,1-2H3/b24-16+/t26-/m1/s1. The van der Waals surface area contributed by atoms with Gasteiger partial charge >= 0.3 is 5.97 Å². The Morgan fingerprint density at radius 3 is 2.51 bits per heavy atom. The topological polar surface area (TPSA) is 69.9 Å². The molecule has 0 spiro atoms. The van der Waals surface area contributed by atoms with Crippen LogP contribution < -0.4 is 19.6 Å². The molecule has 0 unspecified atom stereocenters. The lowest BCUT2D eigenvalue weighted by Crippen LogP contribution is -2.39. The molecule has 1 aliphatic heterocycles. The molecule has 0 N–H and O–H groups in total. The maximum absolute atomic E-state index is 13.7. The quantitative estimate of drug-likeness (QED) is 0.319. The fraction of sp³-hybridized carbons (Fsp3) is 0.138. The van der Waals surface area contributed by atoms with Crippen molar-refractivity contribution in [2.24, 2.45) is 4.99 Å². The van der Waals surface area contributed by atoms with Gasteiger partial charge in [-0.05, 0) is 67.4 Å². The average Bonchev–Trinajstić information content (AvgIpc) is 3.19. The molecule has 0 saturated carbocycles. The minimum absolute atomic E-state index is 0.209. The fourth-order valence-electron chi connectivity index (χ4n) is 4.19. The highest BCUT2D eigenvalue weighted by atomic mass is 35.5. The number of hydrogen-bond acceptors (Lipinski definition) is 6. The van der Waals surface area contributed by atoms with Crippen LogP contribution in [-0.4, -0.2) is 17.1 Å². The van der Waals surface area contributed by atoms with Crippen molar-refractivity contribution in [2.75, 3.05) is 6.61 Å². The lowest BCUT2D eigenvalue weighted by atomic mass is 9.95. The van der Waals surface area contributed by atoms with E-state index in [2.05, 4.69) is 4.99 Å². The van der Waals surface area contributed by atoms with E-state index in [0.29, 0.717) is 42.7 Å². The van der Waals surface area contributed by atoms with E-state index >= 15 is 0 Å². The molecule has 37 heavy (non-hydrogen) atoms. The molecule has 5 rings (SSSR count). The Bertz CT molecular complexity index is 1670. The summed E-state index contributed by atoms with van der Waals surface area (Å²) in [7, 11) is 0. The van der Waals surface area contributed by atoms with Crippen molar-refractivity contribution >= 4 is 35.0 Å². The zero-order chi connectivity index (χ0) is 25.9. The second kappa shape index (κ2) is 10.6. The van der Waals surface area contributed by atoms with Crippen LogP contribution in [0.1, 0.15) is 31.0 Å². The lowest BCUT2D eigenvalue weighted by Gasteiger charge is -2.25. The molecule has 186 valence electrons. The number of allylic oxidation sites excluding steroid dienone is 1. The molecule has 0 amide bonds. The van der Waals surface area contributed by atoms with E-state index in [-0.39, 0.29) is 12.2 Å². The van der Waals surface area contributed by atoms with Crippen molar-refractivity contribution in [3.63, 3.8) is 0 Å². The van der Waals surface area contributed by atoms with Gasteiger partial charge in [0, 0.05) is 5.02 Å².